The van der Waals surface area contributed by atoms with Gasteiger partial charge in [-0.15, -0.1) is 0 Å². The van der Waals surface area contributed by atoms with Gasteiger partial charge < -0.3 is 14.8 Å². The van der Waals surface area contributed by atoms with Crippen LogP contribution in [0.15, 0.2) is 18.2 Å². The minimum atomic E-state index is -3.41. The molecule has 2 rings (SSSR count). The number of hydrogen-bond donors (Lipinski definition) is 2. The zero-order chi connectivity index (χ0) is 15.3. The largest absolute Gasteiger partial charge is 0.497 e. The van der Waals surface area contributed by atoms with E-state index in [1.165, 1.54) is 14.2 Å². The maximum absolute atomic E-state index is 12.3. The van der Waals surface area contributed by atoms with Crippen LogP contribution in [0.1, 0.15) is 12.8 Å². The number of anilines is 1. The van der Waals surface area contributed by atoms with Crippen LogP contribution >= 0.6 is 0 Å². The van der Waals surface area contributed by atoms with E-state index in [9.17, 15) is 8.42 Å². The molecular formula is C14H22N2O4S. The quantitative estimate of drug-likeness (QED) is 0.831. The van der Waals surface area contributed by atoms with Gasteiger partial charge in [-0.3, -0.25) is 4.72 Å². The molecule has 1 aliphatic heterocycles. The Labute approximate surface area is 125 Å². The summed E-state index contributed by atoms with van der Waals surface area (Å²) in [7, 11) is -0.362. The molecule has 6 nitrogen and oxygen atoms in total. The van der Waals surface area contributed by atoms with Gasteiger partial charge in [0.15, 0.2) is 0 Å². The van der Waals surface area contributed by atoms with Gasteiger partial charge in [0.05, 0.1) is 25.7 Å². The SMILES string of the molecule is COc1ccc(OC)c(NS(=O)(=O)CC2CCNCC2)c1. The molecule has 2 N–H and O–H groups in total. The molecule has 0 unspecified atom stereocenters. The van der Waals surface area contributed by atoms with Crippen LogP contribution in [0.3, 0.4) is 0 Å². The van der Waals surface area contributed by atoms with Gasteiger partial charge in [-0.05, 0) is 44.0 Å². The summed E-state index contributed by atoms with van der Waals surface area (Å²) in [4.78, 5) is 0. The Morgan fingerprint density at radius 2 is 1.95 bits per heavy atom. The zero-order valence-corrected chi connectivity index (χ0v) is 13.2. The van der Waals surface area contributed by atoms with Crippen molar-refractivity contribution >= 4 is 15.7 Å². The number of piperidine rings is 1. The van der Waals surface area contributed by atoms with Crippen molar-refractivity contribution in [3.8, 4) is 11.5 Å². The van der Waals surface area contributed by atoms with Crippen LogP contribution in [-0.4, -0.2) is 41.5 Å². The van der Waals surface area contributed by atoms with E-state index in [4.69, 9.17) is 9.47 Å². The number of sulfonamides is 1. The second-order valence-corrected chi connectivity index (χ2v) is 6.91. The first-order valence-corrected chi connectivity index (χ1v) is 8.62. The van der Waals surface area contributed by atoms with E-state index >= 15 is 0 Å². The first-order valence-electron chi connectivity index (χ1n) is 6.97. The van der Waals surface area contributed by atoms with E-state index in [1.807, 2.05) is 0 Å². The van der Waals surface area contributed by atoms with Crippen molar-refractivity contribution in [2.75, 3.05) is 37.8 Å². The summed E-state index contributed by atoms with van der Waals surface area (Å²) in [6.45, 7) is 1.76. The van der Waals surface area contributed by atoms with Crippen LogP contribution in [0.2, 0.25) is 0 Å². The van der Waals surface area contributed by atoms with Crippen LogP contribution in [0.25, 0.3) is 0 Å². The molecule has 0 amide bonds. The molecule has 1 aromatic carbocycles. The number of ether oxygens (including phenoxy) is 2. The van der Waals surface area contributed by atoms with Gasteiger partial charge in [0.2, 0.25) is 10.0 Å². The molecule has 0 saturated carbocycles. The van der Waals surface area contributed by atoms with Crippen molar-refractivity contribution in [1.29, 1.82) is 0 Å². The number of rotatable bonds is 6. The van der Waals surface area contributed by atoms with Gasteiger partial charge in [-0.25, -0.2) is 8.42 Å². The van der Waals surface area contributed by atoms with Crippen molar-refractivity contribution in [1.82, 2.24) is 5.32 Å². The molecule has 0 spiro atoms. The maximum atomic E-state index is 12.3. The summed E-state index contributed by atoms with van der Waals surface area (Å²) in [6.07, 6.45) is 1.77. The Hall–Kier alpha value is -1.47. The van der Waals surface area contributed by atoms with Crippen LogP contribution < -0.4 is 19.5 Å². The highest BCUT2D eigenvalue weighted by Crippen LogP contribution is 2.30. The van der Waals surface area contributed by atoms with E-state index in [-0.39, 0.29) is 11.7 Å². The van der Waals surface area contributed by atoms with Crippen molar-refractivity contribution < 1.29 is 17.9 Å². The normalized spacial score (nSPS) is 16.5. The smallest absolute Gasteiger partial charge is 0.233 e. The maximum Gasteiger partial charge on any atom is 0.233 e. The van der Waals surface area contributed by atoms with Gasteiger partial charge >= 0.3 is 0 Å². The molecule has 1 saturated heterocycles. The molecule has 0 atom stereocenters. The lowest BCUT2D eigenvalue weighted by molar-refractivity contribution is 0.401. The molecule has 7 heteroatoms. The molecule has 0 aromatic heterocycles. The Morgan fingerprint density at radius 1 is 1.24 bits per heavy atom. The van der Waals surface area contributed by atoms with E-state index < -0.39 is 10.0 Å². The number of benzene rings is 1. The third-order valence-corrected chi connectivity index (χ3v) is 5.03. The average Bonchev–Trinajstić information content (AvgIpc) is 2.47. The fourth-order valence-corrected chi connectivity index (χ4v) is 3.99. The molecule has 0 bridgehead atoms. The second kappa shape index (κ2) is 7.00. The lowest BCUT2D eigenvalue weighted by Crippen LogP contribution is -2.33. The minimum Gasteiger partial charge on any atom is -0.497 e. The van der Waals surface area contributed by atoms with Crippen molar-refractivity contribution in [3.05, 3.63) is 18.2 Å². The van der Waals surface area contributed by atoms with Gasteiger partial charge in [-0.2, -0.15) is 0 Å². The Kier molecular flexibility index (Phi) is 5.30. The highest BCUT2D eigenvalue weighted by Gasteiger charge is 2.22. The highest BCUT2D eigenvalue weighted by atomic mass is 32.2. The van der Waals surface area contributed by atoms with E-state index in [0.29, 0.717) is 17.2 Å². The predicted octanol–water partition coefficient (Wildman–Crippen LogP) is 1.45. The van der Waals surface area contributed by atoms with Crippen molar-refractivity contribution in [2.24, 2.45) is 5.92 Å². The number of hydrogen-bond acceptors (Lipinski definition) is 5. The lowest BCUT2D eigenvalue weighted by Gasteiger charge is -2.23. The van der Waals surface area contributed by atoms with E-state index in [1.54, 1.807) is 18.2 Å². The zero-order valence-electron chi connectivity index (χ0n) is 12.4. The summed E-state index contributed by atoms with van der Waals surface area (Å²) < 4.78 is 37.5. The van der Waals surface area contributed by atoms with Crippen LogP contribution in [0.4, 0.5) is 5.69 Å². The number of methoxy groups -OCH3 is 2. The fourth-order valence-electron chi connectivity index (χ4n) is 2.46. The summed E-state index contributed by atoms with van der Waals surface area (Å²) in [5.41, 5.74) is 0.408. The topological polar surface area (TPSA) is 76.7 Å². The molecule has 118 valence electrons. The standard InChI is InChI=1S/C14H22N2O4S/c1-19-12-3-4-14(20-2)13(9-12)16-21(17,18)10-11-5-7-15-8-6-11/h3-4,9,11,15-16H,5-8,10H2,1-2H3. The summed E-state index contributed by atoms with van der Waals surface area (Å²) in [5.74, 6) is 1.38. The number of nitrogens with one attached hydrogen (secondary N) is 2. The second-order valence-electron chi connectivity index (χ2n) is 5.14. The highest BCUT2D eigenvalue weighted by molar-refractivity contribution is 7.92. The fraction of sp³-hybridized carbons (Fsp3) is 0.571. The first kappa shape index (κ1) is 15.9. The minimum absolute atomic E-state index is 0.134. The van der Waals surface area contributed by atoms with Gasteiger partial charge in [0.25, 0.3) is 0 Å². The third-order valence-electron chi connectivity index (χ3n) is 3.59. The summed E-state index contributed by atoms with van der Waals surface area (Å²) in [6, 6.07) is 5.03. The van der Waals surface area contributed by atoms with Crippen LogP contribution in [-0.2, 0) is 10.0 Å². The molecule has 0 aliphatic carbocycles. The summed E-state index contributed by atoms with van der Waals surface area (Å²) >= 11 is 0. The van der Waals surface area contributed by atoms with Gasteiger partial charge in [-0.1, -0.05) is 0 Å². The predicted molar refractivity (Wildman–Crippen MR) is 82.5 cm³/mol. The Morgan fingerprint density at radius 3 is 2.57 bits per heavy atom. The molecule has 0 radical (unpaired) electrons. The van der Waals surface area contributed by atoms with Crippen molar-refractivity contribution in [2.45, 2.75) is 12.8 Å². The molecule has 1 aliphatic rings. The monoisotopic (exact) mass is 314 g/mol. The van der Waals surface area contributed by atoms with Gasteiger partial charge in [0.1, 0.15) is 11.5 Å². The molecule has 1 fully saturated rings. The van der Waals surface area contributed by atoms with Gasteiger partial charge in [0, 0.05) is 6.07 Å². The molecular weight excluding hydrogens is 292 g/mol. The Bertz CT molecular complexity index is 568. The lowest BCUT2D eigenvalue weighted by atomic mass is 10.0. The van der Waals surface area contributed by atoms with Crippen LogP contribution in [0.5, 0.6) is 11.5 Å². The van der Waals surface area contributed by atoms with Crippen molar-refractivity contribution in [3.63, 3.8) is 0 Å². The first-order chi connectivity index (χ1) is 10.0. The summed E-state index contributed by atoms with van der Waals surface area (Å²) in [5, 5.41) is 3.23. The molecule has 1 heterocycles. The Balaban J connectivity index is 2.11. The van der Waals surface area contributed by atoms with E-state index in [0.717, 1.165) is 25.9 Å². The average molecular weight is 314 g/mol. The van der Waals surface area contributed by atoms with Crippen LogP contribution in [0, 0.1) is 5.92 Å². The molecule has 21 heavy (non-hydrogen) atoms. The molecule has 1 aromatic rings. The van der Waals surface area contributed by atoms with E-state index in [2.05, 4.69) is 10.0 Å². The third kappa shape index (κ3) is 4.50.